The van der Waals surface area contributed by atoms with E-state index in [1.165, 1.54) is 0 Å². The van der Waals surface area contributed by atoms with Crippen molar-refractivity contribution in [2.24, 2.45) is 5.92 Å². The van der Waals surface area contributed by atoms with Gasteiger partial charge < -0.3 is 30.3 Å². The number of rotatable bonds is 5. The maximum absolute atomic E-state index is 11.1. The molecule has 0 aromatic heterocycles. The van der Waals surface area contributed by atoms with Gasteiger partial charge in [-0.3, -0.25) is 0 Å². The third kappa shape index (κ3) is 3.85. The predicted octanol–water partition coefficient (Wildman–Crippen LogP) is 0.568. The summed E-state index contributed by atoms with van der Waals surface area (Å²) in [5.41, 5.74) is 0.694. The molecule has 1 aliphatic carbocycles. The normalized spacial score (nSPS) is 30.9. The molecule has 2 aromatic rings. The Hall–Kier alpha value is -1.96. The molecule has 146 valence electrons. The summed E-state index contributed by atoms with van der Waals surface area (Å²) in [6, 6.07) is 14.8. The van der Waals surface area contributed by atoms with Gasteiger partial charge in [0.1, 0.15) is 23.6 Å². The first-order valence-corrected chi connectivity index (χ1v) is 8.99. The Morgan fingerprint density at radius 3 is 2.33 bits per heavy atom. The van der Waals surface area contributed by atoms with Gasteiger partial charge in [0.05, 0.1) is 13.2 Å². The fourth-order valence-corrected chi connectivity index (χ4v) is 3.78. The van der Waals surface area contributed by atoms with Gasteiger partial charge >= 0.3 is 0 Å². The van der Waals surface area contributed by atoms with Crippen LogP contribution in [-0.4, -0.2) is 57.6 Å². The van der Waals surface area contributed by atoms with Crippen LogP contribution in [0.3, 0.4) is 0 Å². The highest BCUT2D eigenvalue weighted by atomic mass is 16.5. The highest BCUT2D eigenvalue weighted by Crippen LogP contribution is 2.40. The Kier molecular flexibility index (Phi) is 5.83. The maximum atomic E-state index is 11.1. The van der Waals surface area contributed by atoms with Crippen LogP contribution in [0.2, 0.25) is 0 Å². The van der Waals surface area contributed by atoms with Crippen molar-refractivity contribution < 1.29 is 30.3 Å². The number of aliphatic hydroxyl groups is 5. The minimum Gasteiger partial charge on any atom is -0.497 e. The van der Waals surface area contributed by atoms with Crippen molar-refractivity contribution in [3.63, 3.8) is 0 Å². The van der Waals surface area contributed by atoms with Gasteiger partial charge in [-0.05, 0) is 41.7 Å². The summed E-state index contributed by atoms with van der Waals surface area (Å²) < 4.78 is 5.16. The molecule has 5 N–H and O–H groups in total. The minimum absolute atomic E-state index is 0.0467. The standard InChI is InChI=1S/C21H26O6/c1-27-17-7-5-13(6-8-17)9-14-3-2-4-16(10-14)21(26)11-15(12-22)18(23)19(24)20(21)25/h2-8,10,15,18-20,22-26H,9,11-12H2,1H3/t15-,18-,19+,20-,21+/m1/s1. The van der Waals surface area contributed by atoms with Gasteiger partial charge in [0.25, 0.3) is 0 Å². The zero-order chi connectivity index (χ0) is 19.6. The second kappa shape index (κ2) is 7.96. The molecule has 0 unspecified atom stereocenters. The zero-order valence-electron chi connectivity index (χ0n) is 15.2. The molecule has 1 fully saturated rings. The van der Waals surface area contributed by atoms with Crippen LogP contribution in [0.15, 0.2) is 48.5 Å². The third-order valence-corrected chi connectivity index (χ3v) is 5.45. The average Bonchev–Trinajstić information content (AvgIpc) is 2.70. The molecule has 6 heteroatoms. The quantitative estimate of drug-likeness (QED) is 0.523. The van der Waals surface area contributed by atoms with E-state index in [4.69, 9.17) is 4.74 Å². The Balaban J connectivity index is 1.87. The van der Waals surface area contributed by atoms with E-state index in [0.29, 0.717) is 12.0 Å². The Bertz CT molecular complexity index is 760. The number of aliphatic hydroxyl groups excluding tert-OH is 4. The van der Waals surface area contributed by atoms with E-state index in [9.17, 15) is 25.5 Å². The highest BCUT2D eigenvalue weighted by molar-refractivity contribution is 5.35. The van der Waals surface area contributed by atoms with E-state index in [-0.39, 0.29) is 6.42 Å². The van der Waals surface area contributed by atoms with Crippen molar-refractivity contribution in [3.05, 3.63) is 65.2 Å². The van der Waals surface area contributed by atoms with Crippen molar-refractivity contribution >= 4 is 0 Å². The molecule has 0 saturated heterocycles. The van der Waals surface area contributed by atoms with Crippen LogP contribution < -0.4 is 4.74 Å². The summed E-state index contributed by atoms with van der Waals surface area (Å²) in [6.07, 6.45) is -3.79. The topological polar surface area (TPSA) is 110 Å². The van der Waals surface area contributed by atoms with Crippen LogP contribution in [-0.2, 0) is 12.0 Å². The van der Waals surface area contributed by atoms with Gasteiger partial charge in [-0.1, -0.05) is 36.4 Å². The van der Waals surface area contributed by atoms with Crippen molar-refractivity contribution in [2.75, 3.05) is 13.7 Å². The van der Waals surface area contributed by atoms with Crippen LogP contribution in [0.25, 0.3) is 0 Å². The number of hydrogen-bond acceptors (Lipinski definition) is 6. The first-order valence-electron chi connectivity index (χ1n) is 8.99. The molecular formula is C21H26O6. The molecule has 0 bridgehead atoms. The molecule has 0 amide bonds. The lowest BCUT2D eigenvalue weighted by Gasteiger charge is -2.46. The molecule has 6 nitrogen and oxygen atoms in total. The molecule has 1 saturated carbocycles. The summed E-state index contributed by atoms with van der Waals surface area (Å²) in [6.45, 7) is -0.390. The molecule has 0 spiro atoms. The molecule has 2 aromatic carbocycles. The molecule has 0 heterocycles. The Morgan fingerprint density at radius 2 is 1.70 bits per heavy atom. The van der Waals surface area contributed by atoms with Crippen LogP contribution >= 0.6 is 0 Å². The molecule has 0 radical (unpaired) electrons. The Labute approximate surface area is 158 Å². The van der Waals surface area contributed by atoms with Crippen molar-refractivity contribution in [2.45, 2.75) is 36.8 Å². The van der Waals surface area contributed by atoms with Gasteiger partial charge in [0.2, 0.25) is 0 Å². The van der Waals surface area contributed by atoms with Gasteiger partial charge in [0.15, 0.2) is 0 Å². The van der Waals surface area contributed by atoms with Crippen LogP contribution in [0.4, 0.5) is 0 Å². The summed E-state index contributed by atoms with van der Waals surface area (Å²) in [5, 5.41) is 51.1. The van der Waals surface area contributed by atoms with E-state index in [1.54, 1.807) is 25.3 Å². The lowest BCUT2D eigenvalue weighted by Crippen LogP contribution is -2.59. The summed E-state index contributed by atoms with van der Waals surface area (Å²) in [7, 11) is 1.61. The lowest BCUT2D eigenvalue weighted by atomic mass is 9.69. The van der Waals surface area contributed by atoms with Gasteiger partial charge in [-0.25, -0.2) is 0 Å². The number of methoxy groups -OCH3 is 1. The smallest absolute Gasteiger partial charge is 0.118 e. The molecular weight excluding hydrogens is 348 g/mol. The molecule has 3 rings (SSSR count). The van der Waals surface area contributed by atoms with Crippen LogP contribution in [0, 0.1) is 5.92 Å². The Morgan fingerprint density at radius 1 is 1.00 bits per heavy atom. The average molecular weight is 374 g/mol. The molecule has 5 atom stereocenters. The fourth-order valence-electron chi connectivity index (χ4n) is 3.78. The lowest BCUT2D eigenvalue weighted by molar-refractivity contribution is -0.213. The van der Waals surface area contributed by atoms with Gasteiger partial charge in [-0.15, -0.1) is 0 Å². The molecule has 1 aliphatic rings. The van der Waals surface area contributed by atoms with E-state index in [2.05, 4.69) is 0 Å². The van der Waals surface area contributed by atoms with Crippen molar-refractivity contribution in [1.82, 2.24) is 0 Å². The first kappa shape index (κ1) is 19.8. The van der Waals surface area contributed by atoms with Crippen LogP contribution in [0.5, 0.6) is 5.75 Å². The second-order valence-corrected chi connectivity index (χ2v) is 7.22. The zero-order valence-corrected chi connectivity index (χ0v) is 15.2. The van der Waals surface area contributed by atoms with Crippen molar-refractivity contribution in [3.8, 4) is 5.75 Å². The van der Waals surface area contributed by atoms with Gasteiger partial charge in [0, 0.05) is 12.5 Å². The second-order valence-electron chi connectivity index (χ2n) is 7.22. The summed E-state index contributed by atoms with van der Waals surface area (Å²) in [5.74, 6) is 0.0494. The first-order chi connectivity index (χ1) is 12.9. The highest BCUT2D eigenvalue weighted by Gasteiger charge is 2.52. The molecule has 0 aliphatic heterocycles. The van der Waals surface area contributed by atoms with Crippen molar-refractivity contribution in [1.29, 1.82) is 0 Å². The number of hydrogen-bond donors (Lipinski definition) is 5. The minimum atomic E-state index is -1.75. The van der Waals surface area contributed by atoms with E-state index in [1.807, 2.05) is 30.3 Å². The summed E-state index contributed by atoms with van der Waals surface area (Å²) >= 11 is 0. The number of benzene rings is 2. The van der Waals surface area contributed by atoms with E-state index in [0.717, 1.165) is 16.9 Å². The maximum Gasteiger partial charge on any atom is 0.118 e. The molecule has 27 heavy (non-hydrogen) atoms. The number of ether oxygens (including phenoxy) is 1. The third-order valence-electron chi connectivity index (χ3n) is 5.45. The van der Waals surface area contributed by atoms with Gasteiger partial charge in [-0.2, -0.15) is 0 Å². The van der Waals surface area contributed by atoms with Crippen LogP contribution in [0.1, 0.15) is 23.1 Å². The summed E-state index contributed by atoms with van der Waals surface area (Å²) in [4.78, 5) is 0. The SMILES string of the molecule is COc1ccc(Cc2cccc([C@@]3(O)C[C@H](CO)[C@@H](O)[C@H](O)[C@H]3O)c2)cc1. The largest absolute Gasteiger partial charge is 0.497 e. The predicted molar refractivity (Wildman–Crippen MR) is 99.4 cm³/mol. The van der Waals surface area contributed by atoms with E-state index >= 15 is 0 Å². The monoisotopic (exact) mass is 374 g/mol. The van der Waals surface area contributed by atoms with E-state index < -0.39 is 36.4 Å². The fraction of sp³-hybridized carbons (Fsp3) is 0.429.